The van der Waals surface area contributed by atoms with Gasteiger partial charge in [0.05, 0.1) is 23.6 Å². The first kappa shape index (κ1) is 21.7. The van der Waals surface area contributed by atoms with Crippen LogP contribution in [0.2, 0.25) is 5.02 Å². The van der Waals surface area contributed by atoms with Gasteiger partial charge < -0.3 is 15.5 Å². The van der Waals surface area contributed by atoms with E-state index < -0.39 is 0 Å². The molecule has 0 aliphatic rings. The van der Waals surface area contributed by atoms with E-state index in [1.165, 1.54) is 0 Å². The van der Waals surface area contributed by atoms with Gasteiger partial charge in [0.15, 0.2) is 5.11 Å². The molecule has 0 aliphatic carbocycles. The quantitative estimate of drug-likeness (QED) is 0.481. The van der Waals surface area contributed by atoms with Crippen molar-refractivity contribution in [2.45, 2.75) is 40.7 Å². The second-order valence-corrected chi connectivity index (χ2v) is 7.37. The Morgan fingerprint density at radius 2 is 1.93 bits per heavy atom. The largest absolute Gasteiger partial charge is 0.362 e. The summed E-state index contributed by atoms with van der Waals surface area (Å²) in [5.41, 5.74) is 3.98. The Morgan fingerprint density at radius 3 is 2.59 bits per heavy atom. The number of nitrogens with zero attached hydrogens (tertiary/aromatic N) is 3. The fraction of sp³-hybridized carbons (Fsp3) is 0.500. The number of hydrogen-bond acceptors (Lipinski definition) is 3. The molecule has 2 aromatic rings. The van der Waals surface area contributed by atoms with Crippen molar-refractivity contribution in [2.75, 3.05) is 31.5 Å². The summed E-state index contributed by atoms with van der Waals surface area (Å²) in [6.07, 6.45) is 1.06. The predicted molar refractivity (Wildman–Crippen MR) is 119 cm³/mol. The van der Waals surface area contributed by atoms with Gasteiger partial charge in [-0.15, -0.1) is 0 Å². The average Bonchev–Trinajstić information content (AvgIpc) is 2.91. The van der Waals surface area contributed by atoms with Crippen LogP contribution >= 0.6 is 23.8 Å². The molecule has 7 heteroatoms. The summed E-state index contributed by atoms with van der Waals surface area (Å²) in [6, 6.07) is 7.85. The van der Waals surface area contributed by atoms with Crippen LogP contribution in [-0.4, -0.2) is 46.0 Å². The van der Waals surface area contributed by atoms with Gasteiger partial charge in [0.1, 0.15) is 0 Å². The van der Waals surface area contributed by atoms with Crippen LogP contribution in [0, 0.1) is 13.8 Å². The Bertz CT molecular complexity index is 755. The van der Waals surface area contributed by atoms with Crippen LogP contribution in [0.5, 0.6) is 0 Å². The minimum absolute atomic E-state index is 0.637. The third-order valence-corrected chi connectivity index (χ3v) is 5.34. The van der Waals surface area contributed by atoms with E-state index in [9.17, 15) is 0 Å². The van der Waals surface area contributed by atoms with E-state index in [1.807, 2.05) is 42.8 Å². The van der Waals surface area contributed by atoms with E-state index in [2.05, 4.69) is 34.5 Å². The molecule has 148 valence electrons. The zero-order valence-electron chi connectivity index (χ0n) is 16.7. The van der Waals surface area contributed by atoms with Gasteiger partial charge in [-0.1, -0.05) is 43.6 Å². The summed E-state index contributed by atoms with van der Waals surface area (Å²) >= 11 is 11.7. The van der Waals surface area contributed by atoms with Crippen molar-refractivity contribution in [2.24, 2.45) is 0 Å². The molecule has 2 N–H and O–H groups in total. The Labute approximate surface area is 173 Å². The van der Waals surface area contributed by atoms with Gasteiger partial charge in [-0.3, -0.25) is 4.68 Å². The van der Waals surface area contributed by atoms with Crippen molar-refractivity contribution in [1.82, 2.24) is 20.0 Å². The van der Waals surface area contributed by atoms with E-state index in [4.69, 9.17) is 23.8 Å². The van der Waals surface area contributed by atoms with Gasteiger partial charge in [-0.25, -0.2) is 0 Å². The monoisotopic (exact) mass is 407 g/mol. The standard InChI is InChI=1S/C20H30ClN5S/c1-5-25(6-2)13-9-12-22-20(27)23-19-15(3)24-26(16(19)4)14-17-10-7-8-11-18(17)21/h7-8,10-11H,5-6,9,12-14H2,1-4H3,(H2,22,23,27). The lowest BCUT2D eigenvalue weighted by Crippen LogP contribution is -2.32. The maximum atomic E-state index is 6.28. The number of benzene rings is 1. The number of rotatable bonds is 9. The zero-order valence-corrected chi connectivity index (χ0v) is 18.3. The van der Waals surface area contributed by atoms with Gasteiger partial charge in [0.2, 0.25) is 0 Å². The van der Waals surface area contributed by atoms with Gasteiger partial charge in [-0.2, -0.15) is 5.10 Å². The van der Waals surface area contributed by atoms with Crippen LogP contribution in [-0.2, 0) is 6.54 Å². The van der Waals surface area contributed by atoms with Crippen molar-refractivity contribution in [3.05, 3.63) is 46.2 Å². The molecular formula is C20H30ClN5S. The summed E-state index contributed by atoms with van der Waals surface area (Å²) in [5.74, 6) is 0. The normalized spacial score (nSPS) is 11.0. The topological polar surface area (TPSA) is 45.1 Å². The van der Waals surface area contributed by atoms with E-state index >= 15 is 0 Å². The SMILES string of the molecule is CCN(CC)CCCNC(=S)Nc1c(C)nn(Cc2ccccc2Cl)c1C. The number of halogens is 1. The highest BCUT2D eigenvalue weighted by Gasteiger charge is 2.13. The molecule has 1 aromatic heterocycles. The molecule has 0 bridgehead atoms. The molecule has 0 saturated heterocycles. The molecule has 0 aliphatic heterocycles. The van der Waals surface area contributed by atoms with Crippen LogP contribution in [0.3, 0.4) is 0 Å². The first-order valence-corrected chi connectivity index (χ1v) is 10.3. The van der Waals surface area contributed by atoms with Crippen LogP contribution in [0.25, 0.3) is 0 Å². The highest BCUT2D eigenvalue weighted by Crippen LogP contribution is 2.22. The van der Waals surface area contributed by atoms with E-state index in [-0.39, 0.29) is 0 Å². The van der Waals surface area contributed by atoms with E-state index in [0.29, 0.717) is 11.7 Å². The molecule has 0 atom stereocenters. The van der Waals surface area contributed by atoms with Crippen molar-refractivity contribution < 1.29 is 0 Å². The Balaban J connectivity index is 1.92. The van der Waals surface area contributed by atoms with Crippen molar-refractivity contribution in [1.29, 1.82) is 0 Å². The van der Waals surface area contributed by atoms with E-state index in [1.54, 1.807) is 0 Å². The molecule has 1 heterocycles. The number of thiocarbonyl (C=S) groups is 1. The van der Waals surface area contributed by atoms with Gasteiger partial charge >= 0.3 is 0 Å². The van der Waals surface area contributed by atoms with Crippen molar-refractivity contribution in [3.8, 4) is 0 Å². The van der Waals surface area contributed by atoms with Crippen molar-refractivity contribution >= 4 is 34.6 Å². The average molecular weight is 408 g/mol. The van der Waals surface area contributed by atoms with Crippen LogP contribution < -0.4 is 10.6 Å². The number of hydrogen-bond donors (Lipinski definition) is 2. The van der Waals surface area contributed by atoms with Crippen LogP contribution in [0.15, 0.2) is 24.3 Å². The van der Waals surface area contributed by atoms with E-state index in [0.717, 1.165) is 60.3 Å². The summed E-state index contributed by atoms with van der Waals surface area (Å²) in [4.78, 5) is 2.41. The summed E-state index contributed by atoms with van der Waals surface area (Å²) in [6.45, 7) is 13.2. The second kappa shape index (κ2) is 10.6. The maximum Gasteiger partial charge on any atom is 0.170 e. The highest BCUT2D eigenvalue weighted by atomic mass is 35.5. The number of anilines is 1. The third kappa shape index (κ3) is 6.19. The molecule has 0 fully saturated rings. The molecule has 2 rings (SSSR count). The fourth-order valence-electron chi connectivity index (χ4n) is 3.02. The molecule has 0 amide bonds. The minimum atomic E-state index is 0.637. The van der Waals surface area contributed by atoms with Crippen LogP contribution in [0.1, 0.15) is 37.2 Å². The first-order chi connectivity index (χ1) is 13.0. The van der Waals surface area contributed by atoms with Gasteiger partial charge in [-0.05, 0) is 63.8 Å². The van der Waals surface area contributed by atoms with Crippen LogP contribution in [0.4, 0.5) is 5.69 Å². The second-order valence-electron chi connectivity index (χ2n) is 6.56. The molecule has 27 heavy (non-hydrogen) atoms. The summed E-state index contributed by atoms with van der Waals surface area (Å²) in [5, 5.41) is 12.6. The minimum Gasteiger partial charge on any atom is -0.362 e. The predicted octanol–water partition coefficient (Wildman–Crippen LogP) is 4.22. The molecule has 1 aromatic carbocycles. The lowest BCUT2D eigenvalue weighted by Gasteiger charge is -2.18. The number of aryl methyl sites for hydroxylation is 1. The third-order valence-electron chi connectivity index (χ3n) is 4.73. The number of nitrogens with one attached hydrogen (secondary N) is 2. The smallest absolute Gasteiger partial charge is 0.170 e. The molecular weight excluding hydrogens is 378 g/mol. The first-order valence-electron chi connectivity index (χ1n) is 9.50. The summed E-state index contributed by atoms with van der Waals surface area (Å²) in [7, 11) is 0. The fourth-order valence-corrected chi connectivity index (χ4v) is 3.42. The Morgan fingerprint density at radius 1 is 1.22 bits per heavy atom. The summed E-state index contributed by atoms with van der Waals surface area (Å²) < 4.78 is 1.96. The number of aromatic nitrogens is 2. The molecule has 0 spiro atoms. The lowest BCUT2D eigenvalue weighted by atomic mass is 10.2. The molecule has 5 nitrogen and oxygen atoms in total. The highest BCUT2D eigenvalue weighted by molar-refractivity contribution is 7.80. The Hall–Kier alpha value is -1.63. The van der Waals surface area contributed by atoms with Crippen molar-refractivity contribution in [3.63, 3.8) is 0 Å². The lowest BCUT2D eigenvalue weighted by molar-refractivity contribution is 0.300. The molecule has 0 saturated carbocycles. The van der Waals surface area contributed by atoms with Gasteiger partial charge in [0, 0.05) is 11.6 Å². The molecule has 0 unspecified atom stereocenters. The maximum absolute atomic E-state index is 6.28. The van der Waals surface area contributed by atoms with Gasteiger partial charge in [0.25, 0.3) is 0 Å². The molecule has 0 radical (unpaired) electrons. The Kier molecular flexibility index (Phi) is 8.54. The zero-order chi connectivity index (χ0) is 19.8.